The molecule has 0 fully saturated rings. The largest absolute Gasteiger partial charge is 0.233 e. The standard InChI is InChI=1S/C9H5Br2N.BrH/c10-8-5-6-3-1-2-4-7(6)9(11)12-8;/h1-5H;1H. The van der Waals surface area contributed by atoms with Crippen LogP contribution in [0.3, 0.4) is 0 Å². The summed E-state index contributed by atoms with van der Waals surface area (Å²) in [5, 5.41) is 2.33. The molecular weight excluding hydrogens is 362 g/mol. The molecule has 2 rings (SSSR count). The zero-order valence-corrected chi connectivity index (χ0v) is 11.4. The molecule has 0 aliphatic rings. The van der Waals surface area contributed by atoms with Gasteiger partial charge in [0.25, 0.3) is 0 Å². The number of benzene rings is 1. The van der Waals surface area contributed by atoms with E-state index in [1.54, 1.807) is 0 Å². The van der Waals surface area contributed by atoms with Crippen LogP contribution in [0.15, 0.2) is 39.5 Å². The third-order valence-corrected chi connectivity index (χ3v) is 2.67. The van der Waals surface area contributed by atoms with E-state index in [1.807, 2.05) is 24.3 Å². The number of hydrogen-bond acceptors (Lipinski definition) is 1. The molecule has 0 saturated carbocycles. The summed E-state index contributed by atoms with van der Waals surface area (Å²) in [5.41, 5.74) is 0. The van der Waals surface area contributed by atoms with Gasteiger partial charge in [-0.1, -0.05) is 24.3 Å². The number of pyridine rings is 1. The molecule has 1 nitrogen and oxygen atoms in total. The monoisotopic (exact) mass is 365 g/mol. The van der Waals surface area contributed by atoms with Crippen molar-refractivity contribution in [3.05, 3.63) is 39.5 Å². The summed E-state index contributed by atoms with van der Waals surface area (Å²) >= 11 is 6.75. The molecule has 0 saturated heterocycles. The highest BCUT2D eigenvalue weighted by molar-refractivity contribution is 9.11. The summed E-state index contributed by atoms with van der Waals surface area (Å²) in [4.78, 5) is 4.24. The lowest BCUT2D eigenvalue weighted by Gasteiger charge is -1.99. The van der Waals surface area contributed by atoms with Gasteiger partial charge in [-0.3, -0.25) is 0 Å². The van der Waals surface area contributed by atoms with Crippen LogP contribution in [0.5, 0.6) is 0 Å². The Morgan fingerprint density at radius 1 is 1.08 bits per heavy atom. The molecule has 0 amide bonds. The predicted octanol–water partition coefficient (Wildman–Crippen LogP) is 4.34. The van der Waals surface area contributed by atoms with Gasteiger partial charge in [0.15, 0.2) is 0 Å². The van der Waals surface area contributed by atoms with Crippen LogP contribution in [0.25, 0.3) is 10.8 Å². The summed E-state index contributed by atoms with van der Waals surface area (Å²) in [6.07, 6.45) is 0. The molecule has 0 unspecified atom stereocenters. The van der Waals surface area contributed by atoms with Crippen LogP contribution in [-0.2, 0) is 0 Å². The molecule has 13 heavy (non-hydrogen) atoms. The van der Waals surface area contributed by atoms with E-state index in [0.29, 0.717) is 0 Å². The number of hydrogen-bond donors (Lipinski definition) is 0. The van der Waals surface area contributed by atoms with Crippen LogP contribution in [0.4, 0.5) is 0 Å². The van der Waals surface area contributed by atoms with Gasteiger partial charge in [-0.05, 0) is 43.3 Å². The van der Waals surface area contributed by atoms with E-state index in [2.05, 4.69) is 42.9 Å². The maximum atomic E-state index is 4.24. The first-order valence-corrected chi connectivity index (χ1v) is 5.07. The summed E-state index contributed by atoms with van der Waals surface area (Å²) in [7, 11) is 0. The minimum absolute atomic E-state index is 0. The zero-order chi connectivity index (χ0) is 8.55. The first kappa shape index (κ1) is 11.1. The van der Waals surface area contributed by atoms with E-state index in [-0.39, 0.29) is 17.0 Å². The van der Waals surface area contributed by atoms with E-state index in [4.69, 9.17) is 0 Å². The van der Waals surface area contributed by atoms with Gasteiger partial charge in [0.05, 0.1) is 0 Å². The molecule has 0 aliphatic carbocycles. The Hall–Kier alpha value is 0.0700. The fourth-order valence-electron chi connectivity index (χ4n) is 1.13. The van der Waals surface area contributed by atoms with Gasteiger partial charge in [-0.25, -0.2) is 4.98 Å². The van der Waals surface area contributed by atoms with E-state index in [1.165, 1.54) is 5.39 Å². The molecular formula is C9H6Br3N. The molecule has 1 heterocycles. The minimum Gasteiger partial charge on any atom is -0.233 e. The molecule has 0 aliphatic heterocycles. The fraction of sp³-hybridized carbons (Fsp3) is 0. The second-order valence-electron chi connectivity index (χ2n) is 2.46. The van der Waals surface area contributed by atoms with Gasteiger partial charge >= 0.3 is 0 Å². The van der Waals surface area contributed by atoms with Crippen molar-refractivity contribution in [1.82, 2.24) is 4.98 Å². The Bertz CT molecular complexity index is 428. The molecule has 0 radical (unpaired) electrons. The van der Waals surface area contributed by atoms with Gasteiger partial charge in [-0.2, -0.15) is 0 Å². The number of rotatable bonds is 0. The van der Waals surface area contributed by atoms with Crippen LogP contribution < -0.4 is 0 Å². The highest BCUT2D eigenvalue weighted by Crippen LogP contribution is 2.24. The summed E-state index contributed by atoms with van der Waals surface area (Å²) in [6, 6.07) is 10.1. The Morgan fingerprint density at radius 3 is 2.54 bits per heavy atom. The van der Waals surface area contributed by atoms with Crippen LogP contribution in [0.1, 0.15) is 0 Å². The predicted molar refractivity (Wildman–Crippen MR) is 67.5 cm³/mol. The van der Waals surface area contributed by atoms with Gasteiger partial charge in [0.2, 0.25) is 0 Å². The fourth-order valence-corrected chi connectivity index (χ4v) is 2.34. The molecule has 68 valence electrons. The van der Waals surface area contributed by atoms with Crippen molar-refractivity contribution in [1.29, 1.82) is 0 Å². The molecule has 0 N–H and O–H groups in total. The second kappa shape index (κ2) is 4.53. The Labute approximate surface area is 104 Å². The first-order chi connectivity index (χ1) is 5.77. The first-order valence-electron chi connectivity index (χ1n) is 3.48. The van der Waals surface area contributed by atoms with Crippen molar-refractivity contribution in [2.75, 3.05) is 0 Å². The van der Waals surface area contributed by atoms with E-state index in [9.17, 15) is 0 Å². The topological polar surface area (TPSA) is 12.9 Å². The van der Waals surface area contributed by atoms with E-state index in [0.717, 1.165) is 14.6 Å². The number of aromatic nitrogens is 1. The molecule has 1 aromatic carbocycles. The third-order valence-electron chi connectivity index (χ3n) is 1.66. The van der Waals surface area contributed by atoms with Crippen LogP contribution in [-0.4, -0.2) is 4.98 Å². The van der Waals surface area contributed by atoms with Crippen molar-refractivity contribution in [3.63, 3.8) is 0 Å². The minimum atomic E-state index is 0. The number of halogens is 3. The number of nitrogens with zero attached hydrogens (tertiary/aromatic N) is 1. The molecule has 0 bridgehead atoms. The average molecular weight is 368 g/mol. The quantitative estimate of drug-likeness (QED) is 0.631. The van der Waals surface area contributed by atoms with Crippen molar-refractivity contribution in [3.8, 4) is 0 Å². The lowest BCUT2D eigenvalue weighted by Crippen LogP contribution is -1.80. The van der Waals surface area contributed by atoms with Crippen LogP contribution in [0, 0.1) is 0 Å². The Morgan fingerprint density at radius 2 is 1.77 bits per heavy atom. The summed E-state index contributed by atoms with van der Waals surface area (Å²) in [6.45, 7) is 0. The van der Waals surface area contributed by atoms with E-state index < -0.39 is 0 Å². The average Bonchev–Trinajstić information content (AvgIpc) is 2.04. The van der Waals surface area contributed by atoms with Crippen LogP contribution in [0.2, 0.25) is 0 Å². The summed E-state index contributed by atoms with van der Waals surface area (Å²) in [5.74, 6) is 0. The maximum Gasteiger partial charge on any atom is 0.115 e. The van der Waals surface area contributed by atoms with Gasteiger partial charge < -0.3 is 0 Å². The highest BCUT2D eigenvalue weighted by atomic mass is 79.9. The van der Waals surface area contributed by atoms with Crippen LogP contribution >= 0.6 is 48.8 Å². The molecule has 2 aromatic rings. The maximum absolute atomic E-state index is 4.24. The van der Waals surface area contributed by atoms with E-state index >= 15 is 0 Å². The van der Waals surface area contributed by atoms with Gasteiger partial charge in [0, 0.05) is 5.39 Å². The van der Waals surface area contributed by atoms with Crippen molar-refractivity contribution < 1.29 is 0 Å². The van der Waals surface area contributed by atoms with Crippen molar-refractivity contribution >= 4 is 59.6 Å². The Kier molecular flexibility index (Phi) is 3.88. The highest BCUT2D eigenvalue weighted by Gasteiger charge is 1.99. The normalized spacial score (nSPS) is 9.69. The summed E-state index contributed by atoms with van der Waals surface area (Å²) < 4.78 is 1.74. The van der Waals surface area contributed by atoms with Crippen molar-refractivity contribution in [2.45, 2.75) is 0 Å². The SMILES string of the molecule is Br.Brc1cc2ccccc2c(Br)n1. The van der Waals surface area contributed by atoms with Gasteiger partial charge in [0.1, 0.15) is 9.21 Å². The van der Waals surface area contributed by atoms with Gasteiger partial charge in [-0.15, -0.1) is 17.0 Å². The molecule has 4 heteroatoms. The Balaban J connectivity index is 0.000000845. The van der Waals surface area contributed by atoms with Crippen molar-refractivity contribution in [2.24, 2.45) is 0 Å². The number of fused-ring (bicyclic) bond motifs is 1. The zero-order valence-electron chi connectivity index (χ0n) is 6.50. The lowest BCUT2D eigenvalue weighted by atomic mass is 10.2. The molecule has 0 atom stereocenters. The molecule has 0 spiro atoms. The second-order valence-corrected chi connectivity index (χ2v) is 4.02. The third kappa shape index (κ3) is 2.30. The lowest BCUT2D eigenvalue weighted by molar-refractivity contribution is 1.26. The molecule has 1 aromatic heterocycles. The smallest absolute Gasteiger partial charge is 0.115 e.